The van der Waals surface area contributed by atoms with Crippen LogP contribution in [0.4, 0.5) is 10.3 Å². The van der Waals surface area contributed by atoms with Gasteiger partial charge in [0.1, 0.15) is 48.8 Å². The number of esters is 4. The van der Waals surface area contributed by atoms with Gasteiger partial charge in [-0.1, -0.05) is 24.2 Å². The number of imide groups is 2. The number of nitrogen functional groups attached to an aromatic ring is 2. The molecule has 3 unspecified atom stereocenters. The molecule has 6 aliphatic heterocycles. The van der Waals surface area contributed by atoms with Gasteiger partial charge in [0.2, 0.25) is 5.60 Å². The number of carbonyl (C=O) groups is 14. The number of anilines is 2. The highest BCUT2D eigenvalue weighted by Gasteiger charge is 2.70. The molecule has 4 saturated heterocycles. The summed E-state index contributed by atoms with van der Waals surface area (Å²) in [5.74, 6) is -27.3. The molecule has 0 bridgehead atoms. The van der Waals surface area contributed by atoms with Gasteiger partial charge in [-0.05, 0) is 42.5 Å². The Hall–Kier alpha value is -11.5. The lowest BCUT2D eigenvalue weighted by Gasteiger charge is -2.38. The number of rotatable bonds is 20. The van der Waals surface area contributed by atoms with E-state index in [9.17, 15) is 98.4 Å². The zero-order valence-corrected chi connectivity index (χ0v) is 51.7. The van der Waals surface area contributed by atoms with Crippen molar-refractivity contribution in [2.45, 2.75) is 99.2 Å². The number of carboxylic acid groups (broad SMARTS) is 2. The molecule has 516 valence electrons. The summed E-state index contributed by atoms with van der Waals surface area (Å²) < 4.78 is 16.4. The van der Waals surface area contributed by atoms with E-state index in [0.717, 1.165) is 16.7 Å². The van der Waals surface area contributed by atoms with Crippen LogP contribution in [0.15, 0.2) is 45.3 Å². The molecule has 98 heavy (non-hydrogen) atoms. The molecule has 2 aromatic heterocycles. The SMILES string of the molecule is CC1(C)CCC(O/N=C(\C(=O)N[C@H]2CON(C3(C(=O)OC(=O)C4(N5OC[C@H](NC(=O)/C(=N\OC(CO)(CO)C(=O)O)c6csc(N)n6)C5=O)CC(N5C(=O)c6cc(O)c(O)cc6C5=O)C(=O)O4)C[C@H](N4C(=O)c5cc(O)c(O)cc5C4=O)C(=O)O3)C2=O)c2csc(N)n2)(C(=O)O)CC1. The van der Waals surface area contributed by atoms with Crippen LogP contribution in [0.3, 0.4) is 0 Å². The van der Waals surface area contributed by atoms with Gasteiger partial charge in [0.25, 0.3) is 52.9 Å². The van der Waals surface area contributed by atoms with E-state index >= 15 is 9.59 Å². The van der Waals surface area contributed by atoms with Crippen molar-refractivity contribution in [3.05, 3.63) is 68.7 Å². The Bertz CT molecular complexity index is 4200. The van der Waals surface area contributed by atoms with Gasteiger partial charge in [-0.3, -0.25) is 57.8 Å². The molecule has 6 atom stereocenters. The minimum atomic E-state index is -3.69. The highest BCUT2D eigenvalue weighted by Crippen LogP contribution is 2.46. The standard InChI is InChI=1S/C55H50N12O29S2/c1-51(2)3-5-52(6-4-51,45(84)85)95-62-33(25-15-97-49(56)60-25)35(74)58-23-13-90-66(41(23)80)54(11-27(43(82)93-54)64-37(76)19-7-29(70)30(71)8-20(19)38(64)77)47(88)92-48(89)55(12-28(44(83)94-55)65-39(78)21-9-31(72)32(73)10-22(21)40(65)79)67-42(81)24(14-91-67)59-36(75)34(26-16-98-50(57)61-26)63-96-53(17-68,18-69)46(86)87/h7-10,15-16,23-24,27-28,68-73H,3-6,11-14,17-18H2,1-2H3,(H2,56,60)(H2,57,61)(H,58,74)(H,59,75)(H,84,85)(H,86,87)/b62-33-,63-34-/t23-,24-,27-,28?,54?,55?/m0/s1. The molecule has 2 aromatic carbocycles. The number of phenols is 4. The smallest absolute Gasteiger partial charge is 0.382 e. The zero-order valence-electron chi connectivity index (χ0n) is 50.0. The van der Waals surface area contributed by atoms with E-state index in [1.807, 2.05) is 13.8 Å². The summed E-state index contributed by atoms with van der Waals surface area (Å²) >= 11 is 1.48. The molecule has 1 saturated carbocycles. The van der Waals surface area contributed by atoms with Gasteiger partial charge >= 0.3 is 47.3 Å². The van der Waals surface area contributed by atoms with Crippen molar-refractivity contribution in [2.24, 2.45) is 15.7 Å². The van der Waals surface area contributed by atoms with Crippen molar-refractivity contribution in [2.75, 3.05) is 37.9 Å². The summed E-state index contributed by atoms with van der Waals surface area (Å²) in [7, 11) is 0. The highest BCUT2D eigenvalue weighted by molar-refractivity contribution is 7.14. The number of aromatic hydroxyl groups is 4. The second kappa shape index (κ2) is 24.6. The first-order chi connectivity index (χ1) is 46.2. The summed E-state index contributed by atoms with van der Waals surface area (Å²) in [6, 6.07) is -6.54. The monoisotopic (exact) mass is 1410 g/mol. The summed E-state index contributed by atoms with van der Waals surface area (Å²) in [6.07, 6.45) is -2.59. The van der Waals surface area contributed by atoms with Gasteiger partial charge in [0.15, 0.2) is 44.7 Å². The van der Waals surface area contributed by atoms with E-state index in [-0.39, 0.29) is 54.1 Å². The number of hydrogen-bond acceptors (Lipinski definition) is 35. The van der Waals surface area contributed by atoms with Gasteiger partial charge in [-0.25, -0.2) is 38.7 Å². The fraction of sp³-hybridized carbons (Fsp3) is 0.382. The number of aromatic nitrogens is 2. The Balaban J connectivity index is 0.946. The number of oxime groups is 2. The zero-order chi connectivity index (χ0) is 71.2. The summed E-state index contributed by atoms with van der Waals surface area (Å²) in [5.41, 5.74) is -6.14. The lowest BCUT2D eigenvalue weighted by Crippen LogP contribution is -2.62. The largest absolute Gasteiger partial charge is 0.504 e. The first kappa shape index (κ1) is 67.9. The van der Waals surface area contributed by atoms with Crippen molar-refractivity contribution in [3.8, 4) is 23.0 Å². The molecule has 41 nitrogen and oxygen atoms in total. The lowest BCUT2D eigenvalue weighted by molar-refractivity contribution is -0.270. The molecule has 8 heterocycles. The van der Waals surface area contributed by atoms with Crippen LogP contribution in [0, 0.1) is 5.41 Å². The molecule has 0 radical (unpaired) electrons. The Kier molecular flexibility index (Phi) is 17.0. The van der Waals surface area contributed by atoms with Gasteiger partial charge in [-0.15, -0.1) is 22.7 Å². The van der Waals surface area contributed by atoms with Gasteiger partial charge < -0.3 is 86.8 Å². The van der Waals surface area contributed by atoms with Gasteiger partial charge in [-0.2, -0.15) is 10.1 Å². The number of fused-ring (bicyclic) bond motifs is 2. The van der Waals surface area contributed by atoms with Crippen molar-refractivity contribution >= 4 is 127 Å². The van der Waals surface area contributed by atoms with Gasteiger partial charge in [0.05, 0.1) is 48.3 Å². The van der Waals surface area contributed by atoms with Crippen LogP contribution in [0.1, 0.15) is 105 Å². The average Bonchev–Trinajstić information content (AvgIpc) is 1.57. The fourth-order valence-electron chi connectivity index (χ4n) is 11.2. The van der Waals surface area contributed by atoms with Crippen molar-refractivity contribution in [3.63, 3.8) is 0 Å². The lowest BCUT2D eigenvalue weighted by atomic mass is 9.71. The topological polar surface area (TPSA) is 605 Å². The van der Waals surface area contributed by atoms with Crippen molar-refractivity contribution in [1.29, 1.82) is 0 Å². The van der Waals surface area contributed by atoms with E-state index < -0.39 is 232 Å². The summed E-state index contributed by atoms with van der Waals surface area (Å²) in [4.78, 5) is 228. The third-order valence-corrected chi connectivity index (χ3v) is 18.1. The Morgan fingerprint density at radius 2 is 1.00 bits per heavy atom. The third-order valence-electron chi connectivity index (χ3n) is 16.8. The van der Waals surface area contributed by atoms with Crippen LogP contribution >= 0.6 is 22.7 Å². The predicted octanol–water partition coefficient (Wildman–Crippen LogP) is -3.84. The molecule has 7 aliphatic rings. The maximum atomic E-state index is 15.4. The van der Waals surface area contributed by atoms with Crippen LogP contribution in [0.5, 0.6) is 23.0 Å². The maximum absolute atomic E-state index is 15.4. The predicted molar refractivity (Wildman–Crippen MR) is 311 cm³/mol. The van der Waals surface area contributed by atoms with Gasteiger partial charge in [0, 0.05) is 23.6 Å². The number of ether oxygens (including phenoxy) is 3. The molecular weight excluding hydrogens is 1360 g/mol. The van der Waals surface area contributed by atoms with E-state index in [1.54, 1.807) is 0 Å². The number of carboxylic acids is 2. The number of aliphatic carboxylic acids is 2. The molecule has 0 spiro atoms. The minimum Gasteiger partial charge on any atom is -0.504 e. The second-order valence-corrected chi connectivity index (χ2v) is 25.2. The molecule has 1 aliphatic carbocycles. The summed E-state index contributed by atoms with van der Waals surface area (Å²) in [6.45, 7) is -1.33. The second-order valence-electron chi connectivity index (χ2n) is 23.5. The van der Waals surface area contributed by atoms with Crippen molar-refractivity contribution < 1.29 is 142 Å². The number of hydroxylamine groups is 4. The number of hydrogen-bond donors (Lipinski definition) is 12. The number of thiazole rings is 2. The van der Waals surface area contributed by atoms with E-state index in [4.69, 9.17) is 45.0 Å². The van der Waals surface area contributed by atoms with Crippen molar-refractivity contribution in [1.82, 2.24) is 40.5 Å². The normalized spacial score (nSPS) is 24.4. The number of nitrogens with zero attached hydrogens (tertiary/aromatic N) is 8. The van der Waals surface area contributed by atoms with Crippen LogP contribution in [0.2, 0.25) is 0 Å². The molecule has 8 amide bonds. The van der Waals surface area contributed by atoms with E-state index in [2.05, 4.69) is 30.9 Å². The maximum Gasteiger partial charge on any atom is 0.382 e. The van der Waals surface area contributed by atoms with E-state index in [0.29, 0.717) is 48.4 Å². The molecule has 5 fully saturated rings. The average molecular weight is 1410 g/mol. The number of amides is 8. The Morgan fingerprint density at radius 1 is 0.622 bits per heavy atom. The van der Waals surface area contributed by atoms with Crippen LogP contribution in [0.25, 0.3) is 0 Å². The fourth-order valence-corrected chi connectivity index (χ4v) is 12.3. The molecule has 11 rings (SSSR count). The highest BCUT2D eigenvalue weighted by atomic mass is 32.1. The number of cyclic esters (lactones) is 2. The number of aliphatic hydroxyl groups excluding tert-OH is 2. The number of nitrogens with two attached hydrogens (primary N) is 2. The van der Waals surface area contributed by atoms with Crippen LogP contribution < -0.4 is 22.1 Å². The molecule has 14 N–H and O–H groups in total. The molecular formula is C55H50N12O29S2. The first-order valence-corrected chi connectivity index (χ1v) is 30.2. The quantitative estimate of drug-likeness (QED) is 0.00767. The van der Waals surface area contributed by atoms with Crippen LogP contribution in [-0.4, -0.2) is 238 Å². The van der Waals surface area contributed by atoms with Crippen LogP contribution in [-0.2, 0) is 81.5 Å². The minimum absolute atomic E-state index is 0.0879. The molecule has 4 aromatic rings. The number of benzene rings is 2. The summed E-state index contributed by atoms with van der Waals surface area (Å²) in [5, 5.41) is 94.1. The number of nitrogens with one attached hydrogen (secondary N) is 2. The number of phenolic OH excluding ortho intramolecular Hbond substituents is 4. The Labute approximate surface area is 552 Å². The Morgan fingerprint density at radius 3 is 1.34 bits per heavy atom. The number of carbonyl (C=O) groups excluding carboxylic acids is 12. The molecule has 43 heteroatoms. The first-order valence-electron chi connectivity index (χ1n) is 28.5. The number of aliphatic hydroxyl groups is 2. The van der Waals surface area contributed by atoms with E-state index in [1.165, 1.54) is 5.38 Å². The third kappa shape index (κ3) is 11.3.